The van der Waals surface area contributed by atoms with E-state index in [4.69, 9.17) is 0 Å². The van der Waals surface area contributed by atoms with E-state index in [-0.39, 0.29) is 5.56 Å². The molecule has 0 unspecified atom stereocenters. The number of aromatic nitrogens is 2. The lowest BCUT2D eigenvalue weighted by atomic mass is 10.1. The highest BCUT2D eigenvalue weighted by Gasteiger charge is 2.22. The average molecular weight is 474 g/mol. The molecule has 0 bridgehead atoms. The summed E-state index contributed by atoms with van der Waals surface area (Å²) in [6, 6.07) is 15.2. The lowest BCUT2D eigenvalue weighted by molar-refractivity contribution is 0.250. The minimum Gasteiger partial charge on any atom is -0.368 e. The van der Waals surface area contributed by atoms with Gasteiger partial charge < -0.3 is 9.80 Å². The van der Waals surface area contributed by atoms with Crippen molar-refractivity contribution in [3.8, 4) is 0 Å². The summed E-state index contributed by atoms with van der Waals surface area (Å²) in [4.78, 5) is 27.5. The SMILES string of the molecule is CN1CCc2c(sc3ncn(CCCN4CCN(c5cccc6ccccc56)CC4)c(=O)c23)C1. The number of thiophene rings is 1. The van der Waals surface area contributed by atoms with E-state index in [1.807, 2.05) is 4.57 Å². The highest BCUT2D eigenvalue weighted by molar-refractivity contribution is 7.18. The van der Waals surface area contributed by atoms with Gasteiger partial charge in [0.25, 0.3) is 5.56 Å². The third kappa shape index (κ3) is 4.02. The van der Waals surface area contributed by atoms with Gasteiger partial charge in [-0.3, -0.25) is 14.3 Å². The largest absolute Gasteiger partial charge is 0.368 e. The lowest BCUT2D eigenvalue weighted by Crippen LogP contribution is -2.46. The molecule has 2 aromatic carbocycles. The zero-order chi connectivity index (χ0) is 23.1. The molecule has 2 aliphatic heterocycles. The van der Waals surface area contributed by atoms with E-state index in [1.54, 1.807) is 17.7 Å². The molecule has 0 amide bonds. The molecule has 34 heavy (non-hydrogen) atoms. The van der Waals surface area contributed by atoms with Crippen LogP contribution in [0.5, 0.6) is 0 Å². The molecule has 1 saturated heterocycles. The maximum Gasteiger partial charge on any atom is 0.262 e. The molecule has 0 radical (unpaired) electrons. The van der Waals surface area contributed by atoms with E-state index in [0.29, 0.717) is 0 Å². The van der Waals surface area contributed by atoms with E-state index >= 15 is 0 Å². The van der Waals surface area contributed by atoms with Crippen molar-refractivity contribution in [1.29, 1.82) is 0 Å². The van der Waals surface area contributed by atoms with Crippen LogP contribution in [-0.4, -0.2) is 65.7 Å². The van der Waals surface area contributed by atoms with Gasteiger partial charge in [0.15, 0.2) is 0 Å². The Morgan fingerprint density at radius 3 is 2.68 bits per heavy atom. The quantitative estimate of drug-likeness (QED) is 0.441. The number of piperazine rings is 1. The third-order valence-electron chi connectivity index (χ3n) is 7.37. The summed E-state index contributed by atoms with van der Waals surface area (Å²) in [5.74, 6) is 0. The van der Waals surface area contributed by atoms with Crippen LogP contribution in [0.1, 0.15) is 16.9 Å². The molecule has 6 rings (SSSR count). The first-order valence-electron chi connectivity index (χ1n) is 12.3. The molecule has 2 aromatic heterocycles. The van der Waals surface area contributed by atoms with E-state index < -0.39 is 0 Å². The maximum atomic E-state index is 13.2. The van der Waals surface area contributed by atoms with Crippen LogP contribution in [0.2, 0.25) is 0 Å². The van der Waals surface area contributed by atoms with Gasteiger partial charge in [-0.1, -0.05) is 36.4 Å². The first-order valence-corrected chi connectivity index (χ1v) is 13.1. The standard InChI is InChI=1S/C27H31N5OS/c1-29-13-10-22-24(18-29)34-26-25(22)27(33)32(19-28-26)12-5-11-30-14-16-31(17-15-30)23-9-4-7-20-6-2-3-8-21(20)23/h2-4,6-9,19H,5,10-18H2,1H3. The highest BCUT2D eigenvalue weighted by atomic mass is 32.1. The first-order chi connectivity index (χ1) is 16.7. The van der Waals surface area contributed by atoms with E-state index in [2.05, 4.69) is 69.2 Å². The Bertz CT molecular complexity index is 1380. The molecule has 7 heteroatoms. The molecule has 0 atom stereocenters. The van der Waals surface area contributed by atoms with Gasteiger partial charge in [-0.15, -0.1) is 11.3 Å². The van der Waals surface area contributed by atoms with Crippen LogP contribution < -0.4 is 10.5 Å². The van der Waals surface area contributed by atoms with Crippen LogP contribution >= 0.6 is 11.3 Å². The number of nitrogens with zero attached hydrogens (tertiary/aromatic N) is 5. The summed E-state index contributed by atoms with van der Waals surface area (Å²) in [7, 11) is 2.14. The van der Waals surface area contributed by atoms with Crippen molar-refractivity contribution in [3.63, 3.8) is 0 Å². The van der Waals surface area contributed by atoms with Gasteiger partial charge in [0, 0.05) is 61.8 Å². The fraction of sp³-hybridized carbons (Fsp3) is 0.407. The van der Waals surface area contributed by atoms with Crippen molar-refractivity contribution >= 4 is 38.0 Å². The molecule has 0 saturated carbocycles. The third-order valence-corrected chi connectivity index (χ3v) is 8.50. The molecule has 2 aliphatic rings. The van der Waals surface area contributed by atoms with Crippen molar-refractivity contribution in [1.82, 2.24) is 19.4 Å². The predicted octanol–water partition coefficient (Wildman–Crippen LogP) is 3.81. The number of anilines is 1. The van der Waals surface area contributed by atoms with Crippen molar-refractivity contribution in [2.75, 3.05) is 51.2 Å². The Kier molecular flexibility index (Phi) is 5.85. The van der Waals surface area contributed by atoms with Crippen molar-refractivity contribution in [2.24, 2.45) is 0 Å². The lowest BCUT2D eigenvalue weighted by Gasteiger charge is -2.36. The molecule has 0 N–H and O–H groups in total. The van der Waals surface area contributed by atoms with Crippen molar-refractivity contribution in [3.05, 3.63) is 69.6 Å². The molecule has 0 spiro atoms. The maximum absolute atomic E-state index is 13.2. The monoisotopic (exact) mass is 473 g/mol. The molecular formula is C27H31N5OS. The molecule has 4 heterocycles. The summed E-state index contributed by atoms with van der Waals surface area (Å²) in [5, 5.41) is 3.51. The van der Waals surface area contributed by atoms with Gasteiger partial charge in [-0.25, -0.2) is 4.98 Å². The van der Waals surface area contributed by atoms with Crippen LogP contribution in [0.15, 0.2) is 53.6 Å². The van der Waals surface area contributed by atoms with Crippen LogP contribution in [0, 0.1) is 0 Å². The van der Waals surface area contributed by atoms with Crippen molar-refractivity contribution in [2.45, 2.75) is 25.9 Å². The molecule has 1 fully saturated rings. The van der Waals surface area contributed by atoms with Crippen LogP contribution in [-0.2, 0) is 19.5 Å². The van der Waals surface area contributed by atoms with Crippen LogP contribution in [0.25, 0.3) is 21.0 Å². The minimum atomic E-state index is 0.146. The second kappa shape index (κ2) is 9.13. The number of hydrogen-bond donors (Lipinski definition) is 0. The number of benzene rings is 2. The Morgan fingerprint density at radius 1 is 0.971 bits per heavy atom. The highest BCUT2D eigenvalue weighted by Crippen LogP contribution is 2.32. The summed E-state index contributed by atoms with van der Waals surface area (Å²) in [6.07, 6.45) is 3.68. The van der Waals surface area contributed by atoms with Gasteiger partial charge in [0.05, 0.1) is 11.7 Å². The minimum absolute atomic E-state index is 0.146. The molecule has 4 aromatic rings. The Morgan fingerprint density at radius 2 is 1.79 bits per heavy atom. The second-order valence-corrected chi connectivity index (χ2v) is 10.7. The summed E-state index contributed by atoms with van der Waals surface area (Å²) in [6.45, 7) is 7.88. The van der Waals surface area contributed by atoms with Gasteiger partial charge >= 0.3 is 0 Å². The second-order valence-electron chi connectivity index (χ2n) is 9.60. The molecule has 6 nitrogen and oxygen atoms in total. The number of rotatable bonds is 5. The average Bonchev–Trinajstić information content (AvgIpc) is 3.24. The van der Waals surface area contributed by atoms with Gasteiger partial charge in [-0.05, 0) is 43.5 Å². The Balaban J connectivity index is 1.08. The summed E-state index contributed by atoms with van der Waals surface area (Å²) in [5.41, 5.74) is 2.73. The van der Waals surface area contributed by atoms with Crippen LogP contribution in [0.4, 0.5) is 5.69 Å². The van der Waals surface area contributed by atoms with Gasteiger partial charge in [0.1, 0.15) is 4.83 Å². The number of aryl methyl sites for hydroxylation is 1. The Labute approximate surface area is 204 Å². The molecule has 0 aliphatic carbocycles. The summed E-state index contributed by atoms with van der Waals surface area (Å²) >= 11 is 1.69. The van der Waals surface area contributed by atoms with E-state index in [1.165, 1.54) is 26.9 Å². The fourth-order valence-electron chi connectivity index (χ4n) is 5.47. The van der Waals surface area contributed by atoms with Gasteiger partial charge in [0.2, 0.25) is 0 Å². The van der Waals surface area contributed by atoms with Crippen molar-refractivity contribution < 1.29 is 0 Å². The number of fused-ring (bicyclic) bond motifs is 4. The number of likely N-dealkylation sites (N-methyl/N-ethyl adjacent to an activating group) is 1. The smallest absolute Gasteiger partial charge is 0.262 e. The summed E-state index contributed by atoms with van der Waals surface area (Å²) < 4.78 is 1.83. The first kappa shape index (κ1) is 21.8. The van der Waals surface area contributed by atoms with Gasteiger partial charge in [-0.2, -0.15) is 0 Å². The van der Waals surface area contributed by atoms with E-state index in [9.17, 15) is 4.79 Å². The predicted molar refractivity (Wildman–Crippen MR) is 141 cm³/mol. The normalized spacial score (nSPS) is 17.5. The van der Waals surface area contributed by atoms with Crippen LogP contribution in [0.3, 0.4) is 0 Å². The molecule has 176 valence electrons. The zero-order valence-corrected chi connectivity index (χ0v) is 20.6. The topological polar surface area (TPSA) is 44.6 Å². The zero-order valence-electron chi connectivity index (χ0n) is 19.7. The van der Waals surface area contributed by atoms with E-state index in [0.717, 1.165) is 75.4 Å². The Hall–Kier alpha value is -2.74. The number of hydrogen-bond acceptors (Lipinski definition) is 6. The fourth-order valence-corrected chi connectivity index (χ4v) is 6.72. The molecular weight excluding hydrogens is 442 g/mol.